The lowest BCUT2D eigenvalue weighted by molar-refractivity contribution is 0.0518. The fraction of sp³-hybridized carbons (Fsp3) is 0.444. The van der Waals surface area contributed by atoms with Crippen molar-refractivity contribution in [2.75, 3.05) is 29.4 Å². The molecule has 2 saturated heterocycles. The van der Waals surface area contributed by atoms with Crippen LogP contribution in [0.25, 0.3) is 11.1 Å². The quantitative estimate of drug-likeness (QED) is 0.511. The third-order valence-electron chi connectivity index (χ3n) is 7.26. The van der Waals surface area contributed by atoms with Gasteiger partial charge in [0.1, 0.15) is 23.3 Å². The third kappa shape index (κ3) is 5.23. The average molecular weight is 536 g/mol. The monoisotopic (exact) mass is 535 g/mol. The molecule has 3 aromatic rings. The van der Waals surface area contributed by atoms with E-state index in [1.165, 1.54) is 11.0 Å². The van der Waals surface area contributed by atoms with E-state index in [-0.39, 0.29) is 12.1 Å². The highest BCUT2D eigenvalue weighted by Gasteiger charge is 2.57. The van der Waals surface area contributed by atoms with Crippen molar-refractivity contribution in [3.63, 3.8) is 0 Å². The van der Waals surface area contributed by atoms with Crippen molar-refractivity contribution >= 4 is 23.7 Å². The molecule has 1 unspecified atom stereocenters. The summed E-state index contributed by atoms with van der Waals surface area (Å²) in [4.78, 5) is 32.6. The van der Waals surface area contributed by atoms with Crippen LogP contribution < -0.4 is 15.1 Å². The number of fused-ring (bicyclic) bond motifs is 1. The number of alkyl carbamates (subject to hydrolysis) is 1. The first-order chi connectivity index (χ1) is 18.6. The van der Waals surface area contributed by atoms with Crippen LogP contribution in [0, 0.1) is 17.7 Å². The molecule has 1 N–H and O–H groups in total. The molecule has 2 aromatic heterocycles. The zero-order valence-corrected chi connectivity index (χ0v) is 22.0. The summed E-state index contributed by atoms with van der Waals surface area (Å²) in [6, 6.07) is 8.56. The molecule has 0 bridgehead atoms. The largest absolute Gasteiger partial charge is 0.444 e. The number of nitrogens with one attached hydrogen (secondary N) is 1. The minimum Gasteiger partial charge on any atom is -0.444 e. The highest BCUT2D eigenvalue weighted by molar-refractivity contribution is 5.90. The van der Waals surface area contributed by atoms with Crippen LogP contribution >= 0.6 is 0 Å². The number of amides is 2. The van der Waals surface area contributed by atoms with Crippen molar-refractivity contribution < 1.29 is 23.5 Å². The summed E-state index contributed by atoms with van der Waals surface area (Å²) in [5, 5.41) is 10.6. The van der Waals surface area contributed by atoms with E-state index in [0.717, 1.165) is 18.9 Å². The smallest absolute Gasteiger partial charge is 0.414 e. The number of rotatable bonds is 6. The van der Waals surface area contributed by atoms with Gasteiger partial charge >= 0.3 is 12.2 Å². The maximum atomic E-state index is 15.1. The van der Waals surface area contributed by atoms with Gasteiger partial charge in [-0.3, -0.25) is 4.90 Å². The lowest BCUT2D eigenvalue weighted by Crippen LogP contribution is -2.38. The van der Waals surface area contributed by atoms with E-state index in [0.29, 0.717) is 41.7 Å². The maximum absolute atomic E-state index is 15.1. The van der Waals surface area contributed by atoms with Gasteiger partial charge in [0.15, 0.2) is 0 Å². The molecule has 2 aliphatic heterocycles. The number of piperidine rings is 1. The molecular weight excluding hydrogens is 505 g/mol. The first-order valence-electron chi connectivity index (χ1n) is 13.0. The summed E-state index contributed by atoms with van der Waals surface area (Å²) in [5.74, 6) is 1.11. The third-order valence-corrected chi connectivity index (χ3v) is 7.26. The Morgan fingerprint density at radius 1 is 1.18 bits per heavy atom. The molecule has 1 aromatic carbocycles. The molecule has 0 spiro atoms. The van der Waals surface area contributed by atoms with Gasteiger partial charge in [0, 0.05) is 54.5 Å². The van der Waals surface area contributed by atoms with E-state index in [4.69, 9.17) is 9.47 Å². The number of hydrogen-bond donors (Lipinski definition) is 1. The number of halogens is 1. The van der Waals surface area contributed by atoms with Crippen LogP contribution in [0.4, 0.5) is 25.5 Å². The number of aromatic nitrogens is 4. The number of nitrogens with zero attached hydrogens (tertiary/aromatic N) is 6. The molecular formula is C27H30FN7O4. The van der Waals surface area contributed by atoms with Gasteiger partial charge in [-0.05, 0) is 51.1 Å². The topological polar surface area (TPSA) is 115 Å². The van der Waals surface area contributed by atoms with Crippen LogP contribution in [-0.4, -0.2) is 69.5 Å². The molecule has 6 rings (SSSR count). The van der Waals surface area contributed by atoms with Gasteiger partial charge in [-0.15, -0.1) is 5.10 Å². The van der Waals surface area contributed by atoms with Crippen molar-refractivity contribution in [3.05, 3.63) is 54.7 Å². The van der Waals surface area contributed by atoms with Gasteiger partial charge < -0.3 is 19.7 Å². The molecule has 3 fully saturated rings. The first kappa shape index (κ1) is 25.1. The fourth-order valence-electron chi connectivity index (χ4n) is 5.38. The number of ether oxygens (including phenoxy) is 2. The van der Waals surface area contributed by atoms with Crippen molar-refractivity contribution in [1.29, 1.82) is 0 Å². The lowest BCUT2D eigenvalue weighted by atomic mass is 10.1. The summed E-state index contributed by atoms with van der Waals surface area (Å²) in [5.41, 5.74) is 0.950. The van der Waals surface area contributed by atoms with Gasteiger partial charge in [-0.1, -0.05) is 5.21 Å². The minimum absolute atomic E-state index is 0.133. The van der Waals surface area contributed by atoms with Crippen LogP contribution in [0.1, 0.15) is 20.8 Å². The molecule has 0 radical (unpaired) electrons. The van der Waals surface area contributed by atoms with E-state index in [1.807, 2.05) is 32.9 Å². The Labute approximate surface area is 224 Å². The van der Waals surface area contributed by atoms with Crippen molar-refractivity contribution in [3.8, 4) is 11.1 Å². The van der Waals surface area contributed by atoms with Crippen molar-refractivity contribution in [1.82, 2.24) is 25.3 Å². The maximum Gasteiger partial charge on any atom is 0.414 e. The predicted molar refractivity (Wildman–Crippen MR) is 140 cm³/mol. The van der Waals surface area contributed by atoms with E-state index >= 15 is 4.39 Å². The fourth-order valence-corrected chi connectivity index (χ4v) is 5.38. The van der Waals surface area contributed by atoms with Crippen molar-refractivity contribution in [2.24, 2.45) is 11.8 Å². The van der Waals surface area contributed by atoms with Gasteiger partial charge in [0.2, 0.25) is 0 Å². The standard InChI is InChI=1S/C27H30FN7O4/c1-27(2,3)39-25(36)31-24-20-14-33(15-21(20)24)23-7-4-16(11-29-23)19-6-5-17(10-22(19)28)35-13-18(38-26(35)37)12-34-9-8-30-32-34/h4-11,18,20-21,24H,12-15H2,1-3H3,(H,31,36)/t18-,20-,21+,24?/m0/s1. The van der Waals surface area contributed by atoms with Gasteiger partial charge in [0.05, 0.1) is 25.0 Å². The average Bonchev–Trinajstić information content (AvgIpc) is 3.36. The zero-order valence-electron chi connectivity index (χ0n) is 22.0. The Morgan fingerprint density at radius 3 is 2.62 bits per heavy atom. The van der Waals surface area contributed by atoms with Crippen LogP contribution in [0.2, 0.25) is 0 Å². The molecule has 11 nitrogen and oxygen atoms in total. The molecule has 39 heavy (non-hydrogen) atoms. The van der Waals surface area contributed by atoms with Crippen LogP contribution in [0.5, 0.6) is 0 Å². The van der Waals surface area contributed by atoms with Crippen LogP contribution in [0.3, 0.4) is 0 Å². The lowest BCUT2D eigenvalue weighted by Gasteiger charge is -2.23. The molecule has 2 amide bonds. The normalized spacial score (nSPS) is 23.9. The Kier molecular flexibility index (Phi) is 6.12. The summed E-state index contributed by atoms with van der Waals surface area (Å²) in [6.45, 7) is 7.80. The second-order valence-corrected chi connectivity index (χ2v) is 11.2. The van der Waals surface area contributed by atoms with Crippen LogP contribution in [-0.2, 0) is 16.0 Å². The molecule has 4 atom stereocenters. The van der Waals surface area contributed by atoms with E-state index in [1.54, 1.807) is 35.4 Å². The summed E-state index contributed by atoms with van der Waals surface area (Å²) in [6.07, 6.45) is 3.60. The summed E-state index contributed by atoms with van der Waals surface area (Å²) >= 11 is 0. The summed E-state index contributed by atoms with van der Waals surface area (Å²) in [7, 11) is 0. The Bertz CT molecular complexity index is 1360. The molecule has 3 aliphatic rings. The highest BCUT2D eigenvalue weighted by atomic mass is 19.1. The van der Waals surface area contributed by atoms with Gasteiger partial charge in [0.25, 0.3) is 0 Å². The first-order valence-corrected chi connectivity index (χ1v) is 13.0. The van der Waals surface area contributed by atoms with E-state index in [2.05, 4.69) is 25.5 Å². The zero-order chi connectivity index (χ0) is 27.3. The second kappa shape index (κ2) is 9.51. The van der Waals surface area contributed by atoms with E-state index in [9.17, 15) is 9.59 Å². The van der Waals surface area contributed by atoms with E-state index < -0.39 is 23.6 Å². The number of anilines is 2. The Hall–Kier alpha value is -4.22. The number of carbonyl (C=O) groups is 2. The van der Waals surface area contributed by atoms with Crippen LogP contribution in [0.15, 0.2) is 48.9 Å². The number of benzene rings is 1. The number of carbonyl (C=O) groups excluding carboxylic acids is 2. The minimum atomic E-state index is -0.523. The van der Waals surface area contributed by atoms with Gasteiger partial charge in [-0.2, -0.15) is 0 Å². The number of pyridine rings is 1. The molecule has 4 heterocycles. The molecule has 1 saturated carbocycles. The van der Waals surface area contributed by atoms with Gasteiger partial charge in [-0.25, -0.2) is 23.6 Å². The molecule has 204 valence electrons. The summed E-state index contributed by atoms with van der Waals surface area (Å²) < 4.78 is 27.5. The second-order valence-electron chi connectivity index (χ2n) is 11.2. The number of cyclic esters (lactones) is 1. The molecule has 12 heteroatoms. The van der Waals surface area contributed by atoms with Crippen molar-refractivity contribution in [2.45, 2.75) is 45.1 Å². The Balaban J connectivity index is 1.05. The predicted octanol–water partition coefficient (Wildman–Crippen LogP) is 3.46. The number of hydrogen-bond acceptors (Lipinski definition) is 8. The SMILES string of the molecule is CC(C)(C)OC(=O)NC1[C@H]2CN(c3ccc(-c4ccc(N5C[C@H](Cn6ccnn6)OC5=O)cc4F)cn3)C[C@@H]12. The Morgan fingerprint density at radius 2 is 1.97 bits per heavy atom. The molecule has 1 aliphatic carbocycles. The highest BCUT2D eigenvalue weighted by Crippen LogP contribution is 2.46.